The van der Waals surface area contributed by atoms with Gasteiger partial charge in [-0.25, -0.2) is 4.79 Å². The molecule has 0 rings (SSSR count). The van der Waals surface area contributed by atoms with Gasteiger partial charge in [-0.05, 0) is 50.2 Å². The third kappa shape index (κ3) is 12.7. The normalized spacial score (nSPS) is 13.9. The first kappa shape index (κ1) is 28.1. The van der Waals surface area contributed by atoms with Gasteiger partial charge < -0.3 is 32.5 Å². The van der Waals surface area contributed by atoms with E-state index in [1.165, 1.54) is 11.8 Å². The molecule has 0 fully saturated rings. The Balaban J connectivity index is 4.75. The van der Waals surface area contributed by atoms with Crippen molar-refractivity contribution < 1.29 is 24.3 Å². The minimum Gasteiger partial charge on any atom is -0.480 e. The van der Waals surface area contributed by atoms with Crippen LogP contribution in [0.2, 0.25) is 0 Å². The molecule has 10 nitrogen and oxygen atoms in total. The summed E-state index contributed by atoms with van der Waals surface area (Å²) in [6.07, 6.45) is 4.41. The summed E-state index contributed by atoms with van der Waals surface area (Å²) >= 11 is 1.48. The van der Waals surface area contributed by atoms with E-state index in [-0.39, 0.29) is 18.9 Å². The van der Waals surface area contributed by atoms with Gasteiger partial charge in [0.15, 0.2) is 0 Å². The fourth-order valence-corrected chi connectivity index (χ4v) is 3.12. The van der Waals surface area contributed by atoms with E-state index in [0.717, 1.165) is 12.8 Å². The summed E-state index contributed by atoms with van der Waals surface area (Å²) in [5, 5.41) is 16.8. The van der Waals surface area contributed by atoms with E-state index in [1.54, 1.807) is 0 Å². The number of thioether (sulfide) groups is 1. The quantitative estimate of drug-likeness (QED) is 0.170. The molecule has 0 spiro atoms. The van der Waals surface area contributed by atoms with Crippen LogP contribution >= 0.6 is 11.8 Å². The second kappa shape index (κ2) is 15.9. The van der Waals surface area contributed by atoms with Crippen LogP contribution in [0.15, 0.2) is 0 Å². The minimum absolute atomic E-state index is 0.0843. The second-order valence-corrected chi connectivity index (χ2v) is 8.52. The van der Waals surface area contributed by atoms with Gasteiger partial charge in [-0.2, -0.15) is 11.8 Å². The molecule has 0 aromatic rings. The Kier molecular flexibility index (Phi) is 14.9. The van der Waals surface area contributed by atoms with E-state index in [1.807, 2.05) is 20.1 Å². The lowest BCUT2D eigenvalue weighted by Gasteiger charge is -2.23. The summed E-state index contributed by atoms with van der Waals surface area (Å²) in [4.78, 5) is 48.1. The Labute approximate surface area is 182 Å². The van der Waals surface area contributed by atoms with Gasteiger partial charge in [0.2, 0.25) is 17.7 Å². The zero-order valence-corrected chi connectivity index (χ0v) is 18.9. The van der Waals surface area contributed by atoms with Gasteiger partial charge in [0.1, 0.15) is 12.1 Å². The number of hydrogen-bond donors (Lipinski definition) is 6. The first-order chi connectivity index (χ1) is 14.1. The van der Waals surface area contributed by atoms with Crippen molar-refractivity contribution >= 4 is 35.5 Å². The molecular formula is C19H37N5O5S. The fourth-order valence-electron chi connectivity index (χ4n) is 2.65. The van der Waals surface area contributed by atoms with E-state index >= 15 is 0 Å². The van der Waals surface area contributed by atoms with E-state index < -0.39 is 41.8 Å². The zero-order chi connectivity index (χ0) is 23.1. The first-order valence-electron chi connectivity index (χ1n) is 10.2. The van der Waals surface area contributed by atoms with Crippen molar-refractivity contribution in [3.05, 3.63) is 0 Å². The number of unbranched alkanes of at least 4 members (excludes halogenated alkanes) is 1. The standard InChI is InChI=1S/C19H37N5O5S/c1-12(2)10-15(18(27)24-14(19(28)29)7-9-30-3)23-16(25)11-22-17(26)13(21)6-4-5-8-20/h12-15H,4-11,20-21H2,1-3H3,(H,22,26)(H,23,25)(H,24,27)(H,28,29). The van der Waals surface area contributed by atoms with Gasteiger partial charge in [-0.3, -0.25) is 14.4 Å². The molecule has 0 aliphatic carbocycles. The summed E-state index contributed by atoms with van der Waals surface area (Å²) in [6.45, 7) is 3.98. The van der Waals surface area contributed by atoms with Crippen LogP contribution < -0.4 is 27.4 Å². The molecule has 0 saturated carbocycles. The van der Waals surface area contributed by atoms with E-state index in [9.17, 15) is 24.3 Å². The van der Waals surface area contributed by atoms with E-state index in [0.29, 0.717) is 25.1 Å². The Morgan fingerprint density at radius 1 is 1.00 bits per heavy atom. The maximum atomic E-state index is 12.6. The van der Waals surface area contributed by atoms with Crippen LogP contribution in [0.3, 0.4) is 0 Å². The summed E-state index contributed by atoms with van der Waals surface area (Å²) in [5.41, 5.74) is 11.2. The zero-order valence-electron chi connectivity index (χ0n) is 18.1. The summed E-state index contributed by atoms with van der Waals surface area (Å²) in [6, 6.07) is -2.65. The van der Waals surface area contributed by atoms with Crippen LogP contribution in [0.1, 0.15) is 46.0 Å². The highest BCUT2D eigenvalue weighted by atomic mass is 32.2. The molecule has 0 aliphatic rings. The van der Waals surface area contributed by atoms with Crippen molar-refractivity contribution in [1.29, 1.82) is 0 Å². The SMILES string of the molecule is CSCCC(NC(=O)C(CC(C)C)NC(=O)CNC(=O)C(N)CCCCN)C(=O)O. The molecule has 3 amide bonds. The number of aliphatic carboxylic acids is 1. The van der Waals surface area contributed by atoms with Gasteiger partial charge in [0.25, 0.3) is 0 Å². The minimum atomic E-state index is -1.12. The average molecular weight is 448 g/mol. The molecule has 3 unspecified atom stereocenters. The molecule has 0 radical (unpaired) electrons. The summed E-state index contributed by atoms with van der Waals surface area (Å²) in [5.74, 6) is -2.01. The van der Waals surface area contributed by atoms with Crippen LogP contribution in [0.25, 0.3) is 0 Å². The average Bonchev–Trinajstić information content (AvgIpc) is 2.68. The largest absolute Gasteiger partial charge is 0.480 e. The number of carboxylic acids is 1. The van der Waals surface area contributed by atoms with Crippen molar-refractivity contribution in [2.45, 2.75) is 64.1 Å². The maximum absolute atomic E-state index is 12.6. The predicted molar refractivity (Wildman–Crippen MR) is 118 cm³/mol. The third-order valence-corrected chi connectivity index (χ3v) is 4.96. The van der Waals surface area contributed by atoms with Crippen LogP contribution in [-0.2, 0) is 19.2 Å². The van der Waals surface area contributed by atoms with Crippen molar-refractivity contribution in [3.63, 3.8) is 0 Å². The molecular weight excluding hydrogens is 410 g/mol. The molecule has 0 aromatic heterocycles. The first-order valence-corrected chi connectivity index (χ1v) is 11.6. The van der Waals surface area contributed by atoms with Gasteiger partial charge in [-0.1, -0.05) is 20.3 Å². The molecule has 11 heteroatoms. The molecule has 8 N–H and O–H groups in total. The van der Waals surface area contributed by atoms with Crippen LogP contribution in [-0.4, -0.2) is 72.0 Å². The van der Waals surface area contributed by atoms with Crippen LogP contribution in [0, 0.1) is 5.92 Å². The number of carboxylic acid groups (broad SMARTS) is 1. The molecule has 0 heterocycles. The number of nitrogens with two attached hydrogens (primary N) is 2. The van der Waals surface area contributed by atoms with Crippen molar-refractivity contribution in [2.75, 3.05) is 25.1 Å². The van der Waals surface area contributed by atoms with Gasteiger partial charge in [0, 0.05) is 0 Å². The lowest BCUT2D eigenvalue weighted by Crippen LogP contribution is -2.54. The molecule has 0 aromatic carbocycles. The monoisotopic (exact) mass is 447 g/mol. The van der Waals surface area contributed by atoms with E-state index in [4.69, 9.17) is 11.5 Å². The molecule has 0 saturated heterocycles. The van der Waals surface area contributed by atoms with Crippen molar-refractivity contribution in [2.24, 2.45) is 17.4 Å². The van der Waals surface area contributed by atoms with Crippen LogP contribution in [0.4, 0.5) is 0 Å². The molecule has 0 aliphatic heterocycles. The Morgan fingerprint density at radius 2 is 1.67 bits per heavy atom. The van der Waals surface area contributed by atoms with Gasteiger partial charge in [0.05, 0.1) is 12.6 Å². The molecule has 30 heavy (non-hydrogen) atoms. The number of carbonyl (C=O) groups excluding carboxylic acids is 3. The topological polar surface area (TPSA) is 177 Å². The molecule has 0 bridgehead atoms. The molecule has 174 valence electrons. The third-order valence-electron chi connectivity index (χ3n) is 4.31. The predicted octanol–water partition coefficient (Wildman–Crippen LogP) is -0.588. The lowest BCUT2D eigenvalue weighted by atomic mass is 10.0. The number of amides is 3. The summed E-state index contributed by atoms with van der Waals surface area (Å²) < 4.78 is 0. The van der Waals surface area contributed by atoms with E-state index in [2.05, 4.69) is 16.0 Å². The van der Waals surface area contributed by atoms with Gasteiger partial charge in [-0.15, -0.1) is 0 Å². The Morgan fingerprint density at radius 3 is 2.20 bits per heavy atom. The van der Waals surface area contributed by atoms with Crippen LogP contribution in [0.5, 0.6) is 0 Å². The fraction of sp³-hybridized carbons (Fsp3) is 0.789. The number of rotatable bonds is 16. The van der Waals surface area contributed by atoms with Crippen molar-refractivity contribution in [1.82, 2.24) is 16.0 Å². The highest BCUT2D eigenvalue weighted by molar-refractivity contribution is 7.98. The highest BCUT2D eigenvalue weighted by Crippen LogP contribution is 2.07. The lowest BCUT2D eigenvalue weighted by molar-refractivity contribution is -0.142. The Hall–Kier alpha value is -1.85. The number of nitrogens with one attached hydrogen (secondary N) is 3. The smallest absolute Gasteiger partial charge is 0.326 e. The highest BCUT2D eigenvalue weighted by Gasteiger charge is 2.27. The number of carbonyl (C=O) groups is 4. The number of hydrogen-bond acceptors (Lipinski definition) is 7. The molecule has 3 atom stereocenters. The maximum Gasteiger partial charge on any atom is 0.326 e. The Bertz CT molecular complexity index is 561. The second-order valence-electron chi connectivity index (χ2n) is 7.54. The summed E-state index contributed by atoms with van der Waals surface area (Å²) in [7, 11) is 0. The van der Waals surface area contributed by atoms with Gasteiger partial charge >= 0.3 is 5.97 Å². The van der Waals surface area contributed by atoms with Crippen molar-refractivity contribution in [3.8, 4) is 0 Å².